The molecule has 6 heteroatoms. The number of aromatic nitrogens is 1. The largest absolute Gasteiger partial charge is 0.477 e. The van der Waals surface area contributed by atoms with E-state index < -0.39 is 5.97 Å². The average molecular weight is 474 g/mol. The number of hydrogen-bond donors (Lipinski definition) is 1. The number of fused-ring (bicyclic) bond motifs is 1. The molecule has 2 heterocycles. The zero-order valence-electron chi connectivity index (χ0n) is 19.0. The highest BCUT2D eigenvalue weighted by Gasteiger charge is 2.26. The van der Waals surface area contributed by atoms with Gasteiger partial charge in [0.05, 0.1) is 6.04 Å². The number of carboxylic acids is 1. The Labute approximate surface area is 204 Å². The van der Waals surface area contributed by atoms with Crippen molar-refractivity contribution in [1.29, 1.82) is 0 Å². The molecule has 1 N–H and O–H groups in total. The fourth-order valence-electron chi connectivity index (χ4n) is 5.01. The van der Waals surface area contributed by atoms with Crippen molar-refractivity contribution in [1.82, 2.24) is 14.4 Å². The van der Waals surface area contributed by atoms with Crippen molar-refractivity contribution in [2.75, 3.05) is 32.7 Å². The SMILES string of the molecule is O=C(O)c1cc2ccccc2n1CCN1CCN(C(c2ccccc2)c2ccc(Cl)cc2)CC1. The normalized spacial score (nSPS) is 16.0. The molecule has 5 nitrogen and oxygen atoms in total. The zero-order valence-corrected chi connectivity index (χ0v) is 19.7. The molecule has 0 saturated carbocycles. The molecule has 4 aromatic rings. The first-order valence-corrected chi connectivity index (χ1v) is 12.1. The fourth-order valence-corrected chi connectivity index (χ4v) is 5.14. The van der Waals surface area contributed by atoms with Crippen molar-refractivity contribution in [3.63, 3.8) is 0 Å². The summed E-state index contributed by atoms with van der Waals surface area (Å²) < 4.78 is 1.94. The van der Waals surface area contributed by atoms with Crippen LogP contribution in [0, 0.1) is 0 Å². The molecule has 0 radical (unpaired) electrons. The van der Waals surface area contributed by atoms with Crippen LogP contribution in [-0.4, -0.2) is 58.2 Å². The van der Waals surface area contributed by atoms with Crippen LogP contribution >= 0.6 is 11.6 Å². The fraction of sp³-hybridized carbons (Fsp3) is 0.250. The molecule has 1 aliphatic rings. The number of carbonyl (C=O) groups is 1. The number of nitrogens with zero attached hydrogens (tertiary/aromatic N) is 3. The van der Waals surface area contributed by atoms with Gasteiger partial charge in [0.25, 0.3) is 0 Å². The molecule has 0 amide bonds. The van der Waals surface area contributed by atoms with Crippen molar-refractivity contribution >= 4 is 28.5 Å². The second-order valence-electron chi connectivity index (χ2n) is 8.79. The number of carboxylic acid groups (broad SMARTS) is 1. The van der Waals surface area contributed by atoms with Gasteiger partial charge in [-0.25, -0.2) is 4.79 Å². The van der Waals surface area contributed by atoms with Gasteiger partial charge in [-0.2, -0.15) is 0 Å². The molecule has 0 aliphatic carbocycles. The summed E-state index contributed by atoms with van der Waals surface area (Å²) in [5.74, 6) is -0.880. The quantitative estimate of drug-likeness (QED) is 0.390. The highest BCUT2D eigenvalue weighted by Crippen LogP contribution is 2.30. The summed E-state index contributed by atoms with van der Waals surface area (Å²) in [7, 11) is 0. The number of aromatic carboxylic acids is 1. The third kappa shape index (κ3) is 4.73. The number of piperazine rings is 1. The Morgan fingerprint density at radius 3 is 2.18 bits per heavy atom. The van der Waals surface area contributed by atoms with Crippen LogP contribution in [0.25, 0.3) is 10.9 Å². The molecule has 1 aromatic heterocycles. The molecule has 0 spiro atoms. The van der Waals surface area contributed by atoms with Gasteiger partial charge in [-0.1, -0.05) is 72.3 Å². The molecule has 34 heavy (non-hydrogen) atoms. The molecule has 5 rings (SSSR count). The highest BCUT2D eigenvalue weighted by molar-refractivity contribution is 6.30. The third-order valence-electron chi connectivity index (χ3n) is 6.74. The molecule has 0 bridgehead atoms. The van der Waals surface area contributed by atoms with E-state index in [9.17, 15) is 9.90 Å². The lowest BCUT2D eigenvalue weighted by molar-refractivity contribution is 0.0682. The summed E-state index contributed by atoms with van der Waals surface area (Å²) >= 11 is 6.15. The standard InChI is InChI=1S/C28H28ClN3O2/c29-24-12-10-22(11-13-24)27(21-6-2-1-3-7-21)31-17-14-30(15-18-31)16-19-32-25-9-5-4-8-23(25)20-26(32)28(33)34/h1-13,20,27H,14-19H2,(H,33,34). The first-order chi connectivity index (χ1) is 16.6. The van der Waals surface area contributed by atoms with Crippen LogP contribution < -0.4 is 0 Å². The Hall–Kier alpha value is -3.12. The number of rotatable bonds is 7. The van der Waals surface area contributed by atoms with Gasteiger partial charge in [-0.05, 0) is 35.4 Å². The Bertz CT molecular complexity index is 1260. The van der Waals surface area contributed by atoms with Crippen LogP contribution in [0.2, 0.25) is 5.02 Å². The minimum absolute atomic E-state index is 0.188. The van der Waals surface area contributed by atoms with E-state index in [0.29, 0.717) is 12.2 Å². The van der Waals surface area contributed by atoms with Gasteiger partial charge >= 0.3 is 5.97 Å². The van der Waals surface area contributed by atoms with Crippen LogP contribution in [0.3, 0.4) is 0 Å². The molecular formula is C28H28ClN3O2. The maximum absolute atomic E-state index is 11.8. The minimum atomic E-state index is -0.880. The van der Waals surface area contributed by atoms with E-state index in [2.05, 4.69) is 52.3 Å². The number of para-hydroxylation sites is 1. The van der Waals surface area contributed by atoms with Gasteiger partial charge in [0.1, 0.15) is 5.69 Å². The first-order valence-electron chi connectivity index (χ1n) is 11.7. The van der Waals surface area contributed by atoms with E-state index in [1.165, 1.54) is 11.1 Å². The van der Waals surface area contributed by atoms with Crippen LogP contribution in [0.1, 0.15) is 27.7 Å². The summed E-state index contributed by atoms with van der Waals surface area (Å²) in [6.45, 7) is 5.26. The van der Waals surface area contributed by atoms with E-state index >= 15 is 0 Å². The lowest BCUT2D eigenvalue weighted by Crippen LogP contribution is -2.48. The Morgan fingerprint density at radius 2 is 1.47 bits per heavy atom. The van der Waals surface area contributed by atoms with E-state index in [-0.39, 0.29) is 6.04 Å². The van der Waals surface area contributed by atoms with Gasteiger partial charge in [0, 0.05) is 55.2 Å². The van der Waals surface area contributed by atoms with Crippen molar-refractivity contribution in [2.24, 2.45) is 0 Å². The number of benzene rings is 3. The number of halogens is 1. The highest BCUT2D eigenvalue weighted by atomic mass is 35.5. The summed E-state index contributed by atoms with van der Waals surface area (Å²) in [5.41, 5.74) is 3.86. The van der Waals surface area contributed by atoms with Gasteiger partial charge in [-0.15, -0.1) is 0 Å². The van der Waals surface area contributed by atoms with Crippen LogP contribution in [-0.2, 0) is 6.54 Å². The third-order valence-corrected chi connectivity index (χ3v) is 6.99. The van der Waals surface area contributed by atoms with Gasteiger partial charge in [0.15, 0.2) is 0 Å². The predicted molar refractivity (Wildman–Crippen MR) is 137 cm³/mol. The van der Waals surface area contributed by atoms with Gasteiger partial charge in [-0.3, -0.25) is 9.80 Å². The molecule has 1 fully saturated rings. The predicted octanol–water partition coefficient (Wildman–Crippen LogP) is 5.40. The summed E-state index contributed by atoms with van der Waals surface area (Å²) in [4.78, 5) is 16.8. The van der Waals surface area contributed by atoms with Gasteiger partial charge < -0.3 is 9.67 Å². The zero-order chi connectivity index (χ0) is 23.5. The summed E-state index contributed by atoms with van der Waals surface area (Å²) in [6.07, 6.45) is 0. The van der Waals surface area contributed by atoms with Gasteiger partial charge in [0.2, 0.25) is 0 Å². The topological polar surface area (TPSA) is 48.7 Å². The number of hydrogen-bond acceptors (Lipinski definition) is 3. The maximum Gasteiger partial charge on any atom is 0.352 e. The average Bonchev–Trinajstić information content (AvgIpc) is 3.25. The Balaban J connectivity index is 1.29. The monoisotopic (exact) mass is 473 g/mol. The van der Waals surface area contributed by atoms with E-state index in [1.807, 2.05) is 41.0 Å². The molecule has 1 aliphatic heterocycles. The molecule has 1 unspecified atom stereocenters. The molecule has 3 aromatic carbocycles. The maximum atomic E-state index is 11.8. The Morgan fingerprint density at radius 1 is 0.824 bits per heavy atom. The van der Waals surface area contributed by atoms with E-state index in [1.54, 1.807) is 6.07 Å². The first kappa shape index (κ1) is 22.7. The summed E-state index contributed by atoms with van der Waals surface area (Å²) in [6, 6.07) is 28.6. The minimum Gasteiger partial charge on any atom is -0.477 e. The van der Waals surface area contributed by atoms with Crippen molar-refractivity contribution in [2.45, 2.75) is 12.6 Å². The second-order valence-corrected chi connectivity index (χ2v) is 9.22. The van der Waals surface area contributed by atoms with Crippen LogP contribution in [0.15, 0.2) is 84.9 Å². The van der Waals surface area contributed by atoms with E-state index in [0.717, 1.165) is 48.6 Å². The Kier molecular flexibility index (Phi) is 6.68. The van der Waals surface area contributed by atoms with Crippen LogP contribution in [0.4, 0.5) is 0 Å². The van der Waals surface area contributed by atoms with Crippen molar-refractivity contribution in [3.05, 3.63) is 107 Å². The molecular weight excluding hydrogens is 446 g/mol. The smallest absolute Gasteiger partial charge is 0.352 e. The molecule has 1 saturated heterocycles. The lowest BCUT2D eigenvalue weighted by Gasteiger charge is -2.40. The van der Waals surface area contributed by atoms with Crippen molar-refractivity contribution < 1.29 is 9.90 Å². The second kappa shape index (κ2) is 10.0. The van der Waals surface area contributed by atoms with E-state index in [4.69, 9.17) is 11.6 Å². The van der Waals surface area contributed by atoms with Crippen molar-refractivity contribution in [3.8, 4) is 0 Å². The summed E-state index contributed by atoms with van der Waals surface area (Å²) in [5, 5.41) is 11.4. The van der Waals surface area contributed by atoms with Crippen LogP contribution in [0.5, 0.6) is 0 Å². The molecule has 174 valence electrons. The molecule has 1 atom stereocenters. The lowest BCUT2D eigenvalue weighted by atomic mass is 9.96.